The van der Waals surface area contributed by atoms with E-state index in [-0.39, 0.29) is 11.6 Å². The zero-order valence-electron chi connectivity index (χ0n) is 17.9. The van der Waals surface area contributed by atoms with Gasteiger partial charge >= 0.3 is 0 Å². The Hall–Kier alpha value is -3.95. The van der Waals surface area contributed by atoms with Crippen molar-refractivity contribution in [1.82, 2.24) is 30.2 Å². The van der Waals surface area contributed by atoms with E-state index < -0.39 is 0 Å². The van der Waals surface area contributed by atoms with Gasteiger partial charge in [-0.1, -0.05) is 0 Å². The summed E-state index contributed by atoms with van der Waals surface area (Å²) in [6, 6.07) is 6.06. The molecule has 3 heterocycles. The summed E-state index contributed by atoms with van der Waals surface area (Å²) in [4.78, 5) is 27.9. The summed E-state index contributed by atoms with van der Waals surface area (Å²) in [5.41, 5.74) is 3.89. The molecule has 0 spiro atoms. The second-order valence-electron chi connectivity index (χ2n) is 6.88. The Bertz CT molecular complexity index is 1180. The molecule has 10 heteroatoms. The number of hydrogen-bond donors (Lipinski definition) is 1. The van der Waals surface area contributed by atoms with Crippen molar-refractivity contribution < 1.29 is 4.79 Å². The predicted octanol–water partition coefficient (Wildman–Crippen LogP) is 1.97. The second-order valence-corrected chi connectivity index (χ2v) is 6.88. The molecule has 0 saturated carbocycles. The molecule has 4 rings (SSSR count). The minimum Gasteiger partial charge on any atom is -0.372 e. The molecule has 3 aromatic rings. The average molecular weight is 417 g/mol. The molecule has 0 saturated heterocycles. The Balaban J connectivity index is 1.80. The SMILES string of the molecule is CCN(CC)c1ccc(N=C2C(C(=O)NC)=Nn3c2nnc3-c2cnccn2)c(C)c1. The Morgan fingerprint density at radius 1 is 1.16 bits per heavy atom. The molecule has 0 unspecified atom stereocenters. The summed E-state index contributed by atoms with van der Waals surface area (Å²) in [7, 11) is 1.55. The maximum atomic E-state index is 12.5. The number of rotatable bonds is 6. The van der Waals surface area contributed by atoms with Gasteiger partial charge in [0.15, 0.2) is 5.71 Å². The van der Waals surface area contributed by atoms with Crippen LogP contribution in [0.25, 0.3) is 11.5 Å². The van der Waals surface area contributed by atoms with E-state index in [0.717, 1.165) is 30.0 Å². The first kappa shape index (κ1) is 20.3. The number of carbonyl (C=O) groups excluding carboxylic acids is 1. The first-order chi connectivity index (χ1) is 15.1. The lowest BCUT2D eigenvalue weighted by atomic mass is 10.1. The number of benzene rings is 1. The van der Waals surface area contributed by atoms with E-state index in [1.54, 1.807) is 25.6 Å². The number of carbonyl (C=O) groups is 1. The normalized spacial score (nSPS) is 13.8. The molecule has 1 N–H and O–H groups in total. The van der Waals surface area contributed by atoms with Gasteiger partial charge in [-0.3, -0.25) is 9.78 Å². The van der Waals surface area contributed by atoms with Crippen molar-refractivity contribution in [2.24, 2.45) is 10.1 Å². The molecule has 0 fully saturated rings. The van der Waals surface area contributed by atoms with Crippen molar-refractivity contribution in [2.45, 2.75) is 20.8 Å². The summed E-state index contributed by atoms with van der Waals surface area (Å²) in [5.74, 6) is 0.418. The minimum absolute atomic E-state index is 0.171. The molecule has 0 atom stereocenters. The number of aryl methyl sites for hydroxylation is 1. The highest BCUT2D eigenvalue weighted by molar-refractivity contribution is 6.70. The number of aliphatic imine (C=N–C) groups is 1. The standard InChI is InChI=1S/C21H23N9O/c1-5-29(6-2)14-7-8-15(13(3)11-14)25-17-18(21(31)22-4)28-30-19(26-27-20(17)30)16-12-23-9-10-24-16/h7-12H,5-6H2,1-4H3,(H,22,31). The highest BCUT2D eigenvalue weighted by atomic mass is 16.2. The van der Waals surface area contributed by atoms with Gasteiger partial charge in [0.25, 0.3) is 5.91 Å². The van der Waals surface area contributed by atoms with Crippen molar-refractivity contribution in [3.8, 4) is 11.5 Å². The van der Waals surface area contributed by atoms with Crippen LogP contribution in [0.5, 0.6) is 0 Å². The number of anilines is 1. The first-order valence-corrected chi connectivity index (χ1v) is 10.0. The van der Waals surface area contributed by atoms with E-state index in [1.807, 2.05) is 19.1 Å². The smallest absolute Gasteiger partial charge is 0.273 e. The fourth-order valence-electron chi connectivity index (χ4n) is 3.39. The third-order valence-corrected chi connectivity index (χ3v) is 5.05. The third-order valence-electron chi connectivity index (χ3n) is 5.05. The van der Waals surface area contributed by atoms with Gasteiger partial charge in [-0.25, -0.2) is 9.98 Å². The van der Waals surface area contributed by atoms with Crippen molar-refractivity contribution >= 4 is 28.7 Å². The first-order valence-electron chi connectivity index (χ1n) is 10.0. The van der Waals surface area contributed by atoms with Crippen molar-refractivity contribution in [2.75, 3.05) is 25.0 Å². The Morgan fingerprint density at radius 2 is 1.94 bits per heavy atom. The maximum absolute atomic E-state index is 12.5. The summed E-state index contributed by atoms with van der Waals surface area (Å²) in [5, 5.41) is 15.5. The monoisotopic (exact) mass is 417 g/mol. The van der Waals surface area contributed by atoms with Crippen molar-refractivity contribution in [3.05, 3.63) is 48.2 Å². The lowest BCUT2D eigenvalue weighted by Crippen LogP contribution is -2.32. The molecule has 2 aromatic heterocycles. The number of nitrogens with one attached hydrogen (secondary N) is 1. The Kier molecular flexibility index (Phi) is 5.52. The minimum atomic E-state index is -0.355. The maximum Gasteiger partial charge on any atom is 0.273 e. The summed E-state index contributed by atoms with van der Waals surface area (Å²) in [6.45, 7) is 8.09. The summed E-state index contributed by atoms with van der Waals surface area (Å²) in [6.07, 6.45) is 4.70. The fourth-order valence-corrected chi connectivity index (χ4v) is 3.39. The van der Waals surface area contributed by atoms with Crippen LogP contribution in [0.4, 0.5) is 11.4 Å². The van der Waals surface area contributed by atoms with Crippen LogP contribution >= 0.6 is 0 Å². The average Bonchev–Trinajstić information content (AvgIpc) is 3.36. The Labute approximate surface area is 179 Å². The van der Waals surface area contributed by atoms with Gasteiger partial charge < -0.3 is 10.2 Å². The number of nitrogens with zero attached hydrogens (tertiary/aromatic N) is 8. The van der Waals surface area contributed by atoms with Crippen molar-refractivity contribution in [3.63, 3.8) is 0 Å². The highest BCUT2D eigenvalue weighted by Gasteiger charge is 2.33. The van der Waals surface area contributed by atoms with Gasteiger partial charge in [0, 0.05) is 38.2 Å². The Morgan fingerprint density at radius 3 is 2.58 bits per heavy atom. The van der Waals surface area contributed by atoms with Gasteiger partial charge in [-0.2, -0.15) is 9.78 Å². The van der Waals surface area contributed by atoms with Crippen LogP contribution in [0.15, 0.2) is 46.9 Å². The third kappa shape index (κ3) is 3.67. The van der Waals surface area contributed by atoms with Gasteiger partial charge in [-0.05, 0) is 44.5 Å². The van der Waals surface area contributed by atoms with Crippen LogP contribution in [0.2, 0.25) is 0 Å². The number of aromatic nitrogens is 5. The number of amides is 1. The van der Waals surface area contributed by atoms with Gasteiger partial charge in [0.1, 0.15) is 11.4 Å². The van der Waals surface area contributed by atoms with E-state index in [1.165, 1.54) is 4.68 Å². The van der Waals surface area contributed by atoms with Crippen LogP contribution in [0.1, 0.15) is 25.2 Å². The molecule has 1 aliphatic rings. The second kappa shape index (κ2) is 8.42. The van der Waals surface area contributed by atoms with Gasteiger partial charge in [0.2, 0.25) is 11.6 Å². The number of fused-ring (bicyclic) bond motifs is 1. The molecule has 0 aliphatic carbocycles. The summed E-state index contributed by atoms with van der Waals surface area (Å²) >= 11 is 0. The molecule has 158 valence electrons. The number of hydrogen-bond acceptors (Lipinski definition) is 8. The lowest BCUT2D eigenvalue weighted by Gasteiger charge is -2.21. The molecule has 1 amide bonds. The molecule has 1 aliphatic heterocycles. The largest absolute Gasteiger partial charge is 0.372 e. The quantitative estimate of drug-likeness (QED) is 0.656. The molecular formula is C21H23N9O. The molecule has 0 radical (unpaired) electrons. The van der Waals surface area contributed by atoms with E-state index in [9.17, 15) is 4.79 Å². The van der Waals surface area contributed by atoms with Crippen molar-refractivity contribution in [1.29, 1.82) is 0 Å². The molecule has 0 bridgehead atoms. The predicted molar refractivity (Wildman–Crippen MR) is 119 cm³/mol. The molecule has 1 aromatic carbocycles. The van der Waals surface area contributed by atoms with Crippen LogP contribution in [0, 0.1) is 6.92 Å². The van der Waals surface area contributed by atoms with E-state index in [4.69, 9.17) is 4.99 Å². The lowest BCUT2D eigenvalue weighted by molar-refractivity contribution is -0.114. The topological polar surface area (TPSA) is 114 Å². The van der Waals surface area contributed by atoms with Crippen LogP contribution in [0.3, 0.4) is 0 Å². The van der Waals surface area contributed by atoms with Crippen LogP contribution in [-0.2, 0) is 4.79 Å². The van der Waals surface area contributed by atoms with E-state index in [2.05, 4.69) is 55.4 Å². The summed E-state index contributed by atoms with van der Waals surface area (Å²) < 4.78 is 1.48. The van der Waals surface area contributed by atoms with Gasteiger partial charge in [-0.15, -0.1) is 10.2 Å². The molecular weight excluding hydrogens is 394 g/mol. The zero-order valence-corrected chi connectivity index (χ0v) is 17.9. The molecule has 10 nitrogen and oxygen atoms in total. The fraction of sp³-hybridized carbons (Fsp3) is 0.286. The van der Waals surface area contributed by atoms with E-state index in [0.29, 0.717) is 23.1 Å². The van der Waals surface area contributed by atoms with Crippen LogP contribution < -0.4 is 10.2 Å². The van der Waals surface area contributed by atoms with Gasteiger partial charge in [0.05, 0.1) is 11.9 Å². The van der Waals surface area contributed by atoms with E-state index >= 15 is 0 Å². The van der Waals surface area contributed by atoms with Crippen LogP contribution in [-0.4, -0.2) is 62.3 Å². The zero-order chi connectivity index (χ0) is 22.0. The molecule has 31 heavy (non-hydrogen) atoms. The highest BCUT2D eigenvalue weighted by Crippen LogP contribution is 2.27.